The van der Waals surface area contributed by atoms with Gasteiger partial charge in [-0.25, -0.2) is 0 Å². The minimum absolute atomic E-state index is 0.850. The lowest BCUT2D eigenvalue weighted by Crippen LogP contribution is -2.09. The summed E-state index contributed by atoms with van der Waals surface area (Å²) >= 11 is 0. The monoisotopic (exact) mass is 565 g/mol. The van der Waals surface area contributed by atoms with Crippen LogP contribution in [0.15, 0.2) is 153 Å². The molecule has 10 rings (SSSR count). The third kappa shape index (κ3) is 3.33. The summed E-state index contributed by atoms with van der Waals surface area (Å²) in [5, 5.41) is 9.00. The van der Waals surface area contributed by atoms with Crippen LogP contribution in [0, 0.1) is 0 Å². The minimum atomic E-state index is 0.850. The Hall–Kier alpha value is -6.00. The van der Waals surface area contributed by atoms with E-state index in [9.17, 15) is 0 Å². The highest BCUT2D eigenvalue weighted by molar-refractivity contribution is 6.19. The van der Waals surface area contributed by atoms with Crippen molar-refractivity contribution < 1.29 is 13.3 Å². The number of para-hydroxylation sites is 2. The Morgan fingerprint density at radius 1 is 0.318 bits per heavy atom. The Morgan fingerprint density at radius 2 is 0.818 bits per heavy atom. The lowest BCUT2D eigenvalue weighted by molar-refractivity contribution is 0.668. The van der Waals surface area contributed by atoms with Crippen molar-refractivity contribution in [2.75, 3.05) is 4.90 Å². The summed E-state index contributed by atoms with van der Waals surface area (Å²) in [6, 6.07) is 48.4. The molecule has 0 saturated carbocycles. The van der Waals surface area contributed by atoms with E-state index in [4.69, 9.17) is 13.3 Å². The van der Waals surface area contributed by atoms with E-state index < -0.39 is 0 Å². The van der Waals surface area contributed by atoms with Crippen molar-refractivity contribution in [1.29, 1.82) is 0 Å². The van der Waals surface area contributed by atoms with Crippen LogP contribution in [-0.4, -0.2) is 0 Å². The van der Waals surface area contributed by atoms with Crippen LogP contribution in [-0.2, 0) is 0 Å². The molecule has 4 nitrogen and oxygen atoms in total. The van der Waals surface area contributed by atoms with E-state index >= 15 is 0 Å². The molecule has 0 atom stereocenters. The number of rotatable bonds is 3. The number of anilines is 3. The summed E-state index contributed by atoms with van der Waals surface area (Å²) in [5.74, 6) is 0. The van der Waals surface area contributed by atoms with Crippen molar-refractivity contribution in [3.8, 4) is 0 Å². The molecule has 0 bridgehead atoms. The molecule has 4 heteroatoms. The van der Waals surface area contributed by atoms with Gasteiger partial charge in [0.15, 0.2) is 0 Å². The van der Waals surface area contributed by atoms with Gasteiger partial charge in [-0.3, -0.25) is 0 Å². The standard InChI is InChI=1S/C40H23NO3/c1-2-8-28-24(7-1)13-18-38-40(28)31-17-14-27(23-39(31)44-38)41(25-15-19-36-32(21-25)29-9-3-5-11-34(29)42-36)26-16-20-37-33(22-26)30-10-4-6-12-35(30)43-37/h1-23H. The quantitative estimate of drug-likeness (QED) is 0.214. The normalized spacial score (nSPS) is 12.1. The zero-order chi connectivity index (χ0) is 28.8. The number of fused-ring (bicyclic) bond motifs is 11. The van der Waals surface area contributed by atoms with E-state index in [1.54, 1.807) is 0 Å². The molecular formula is C40H23NO3. The molecule has 0 unspecified atom stereocenters. The Morgan fingerprint density at radius 3 is 1.50 bits per heavy atom. The Balaban J connectivity index is 1.23. The number of hydrogen-bond donors (Lipinski definition) is 0. The molecule has 0 N–H and O–H groups in total. The smallest absolute Gasteiger partial charge is 0.137 e. The Labute approximate surface area is 250 Å². The molecule has 0 amide bonds. The predicted molar refractivity (Wildman–Crippen MR) is 180 cm³/mol. The van der Waals surface area contributed by atoms with Crippen LogP contribution in [0.4, 0.5) is 17.1 Å². The second-order valence-electron chi connectivity index (χ2n) is 11.3. The van der Waals surface area contributed by atoms with Crippen molar-refractivity contribution in [1.82, 2.24) is 0 Å². The lowest BCUT2D eigenvalue weighted by atomic mass is 10.0. The molecule has 3 heterocycles. The van der Waals surface area contributed by atoms with E-state index in [0.29, 0.717) is 0 Å². The van der Waals surface area contributed by atoms with Crippen LogP contribution in [0.1, 0.15) is 0 Å². The lowest BCUT2D eigenvalue weighted by Gasteiger charge is -2.25. The minimum Gasteiger partial charge on any atom is -0.456 e. The Kier molecular flexibility index (Phi) is 4.69. The van der Waals surface area contributed by atoms with Gasteiger partial charge in [-0.15, -0.1) is 0 Å². The summed E-state index contributed by atoms with van der Waals surface area (Å²) in [6.07, 6.45) is 0. The summed E-state index contributed by atoms with van der Waals surface area (Å²) in [5.41, 5.74) is 8.29. The molecule has 0 spiro atoms. The highest BCUT2D eigenvalue weighted by Gasteiger charge is 2.19. The molecule has 7 aromatic carbocycles. The van der Waals surface area contributed by atoms with Crippen molar-refractivity contribution in [3.63, 3.8) is 0 Å². The SMILES string of the molecule is c1ccc2c(c1)ccc1oc3cc(N(c4ccc5oc6ccccc6c5c4)c4ccc5oc6ccccc6c5c4)ccc3c12. The fourth-order valence-corrected chi connectivity index (χ4v) is 6.83. The van der Waals surface area contributed by atoms with E-state index in [1.807, 2.05) is 24.3 Å². The fraction of sp³-hybridized carbons (Fsp3) is 0. The first kappa shape index (κ1) is 23.6. The average molecular weight is 566 g/mol. The van der Waals surface area contributed by atoms with Crippen LogP contribution in [0.5, 0.6) is 0 Å². The van der Waals surface area contributed by atoms with Crippen LogP contribution < -0.4 is 4.90 Å². The highest BCUT2D eigenvalue weighted by Crippen LogP contribution is 2.43. The summed E-state index contributed by atoms with van der Waals surface area (Å²) in [6.45, 7) is 0. The van der Waals surface area contributed by atoms with Gasteiger partial charge in [-0.2, -0.15) is 0 Å². The van der Waals surface area contributed by atoms with Crippen LogP contribution in [0.3, 0.4) is 0 Å². The second-order valence-corrected chi connectivity index (χ2v) is 11.3. The number of furan rings is 3. The average Bonchev–Trinajstić information content (AvgIpc) is 3.75. The van der Waals surface area contributed by atoms with Crippen LogP contribution in [0.25, 0.3) is 76.6 Å². The maximum atomic E-state index is 6.50. The van der Waals surface area contributed by atoms with E-state index in [1.165, 1.54) is 10.8 Å². The molecule has 206 valence electrons. The molecule has 44 heavy (non-hydrogen) atoms. The maximum absolute atomic E-state index is 6.50. The first-order valence-corrected chi connectivity index (χ1v) is 14.8. The molecule has 10 aromatic rings. The van der Waals surface area contributed by atoms with E-state index in [0.717, 1.165) is 82.9 Å². The number of hydrogen-bond acceptors (Lipinski definition) is 4. The molecular weight excluding hydrogens is 542 g/mol. The number of nitrogens with zero attached hydrogens (tertiary/aromatic N) is 1. The summed E-state index contributed by atoms with van der Waals surface area (Å²) in [7, 11) is 0. The van der Waals surface area contributed by atoms with Gasteiger partial charge in [0.2, 0.25) is 0 Å². The van der Waals surface area contributed by atoms with Crippen molar-refractivity contribution in [2.24, 2.45) is 0 Å². The maximum Gasteiger partial charge on any atom is 0.137 e. The molecule has 0 radical (unpaired) electrons. The first-order chi connectivity index (χ1) is 21.8. The van der Waals surface area contributed by atoms with Gasteiger partial charge in [-0.1, -0.05) is 66.7 Å². The van der Waals surface area contributed by atoms with Crippen LogP contribution in [0.2, 0.25) is 0 Å². The molecule has 0 saturated heterocycles. The predicted octanol–water partition coefficient (Wildman–Crippen LogP) is 12.0. The van der Waals surface area contributed by atoms with Crippen molar-refractivity contribution >= 4 is 93.7 Å². The van der Waals surface area contributed by atoms with Crippen LogP contribution >= 0.6 is 0 Å². The van der Waals surface area contributed by atoms with E-state index in [-0.39, 0.29) is 0 Å². The molecule has 0 aliphatic heterocycles. The third-order valence-corrected chi connectivity index (χ3v) is 8.84. The topological polar surface area (TPSA) is 42.7 Å². The van der Waals surface area contributed by atoms with Gasteiger partial charge < -0.3 is 18.2 Å². The third-order valence-electron chi connectivity index (χ3n) is 8.84. The van der Waals surface area contributed by atoms with Gasteiger partial charge in [-0.05, 0) is 77.5 Å². The summed E-state index contributed by atoms with van der Waals surface area (Å²) in [4.78, 5) is 2.28. The Bertz CT molecular complexity index is 2630. The van der Waals surface area contributed by atoms with Gasteiger partial charge in [0, 0.05) is 55.4 Å². The van der Waals surface area contributed by atoms with Crippen molar-refractivity contribution in [3.05, 3.63) is 140 Å². The summed E-state index contributed by atoms with van der Waals surface area (Å²) < 4.78 is 18.8. The molecule has 0 aliphatic rings. The van der Waals surface area contributed by atoms with Crippen molar-refractivity contribution in [2.45, 2.75) is 0 Å². The number of benzene rings is 7. The van der Waals surface area contributed by atoms with Gasteiger partial charge in [0.1, 0.15) is 33.5 Å². The first-order valence-electron chi connectivity index (χ1n) is 14.8. The largest absolute Gasteiger partial charge is 0.456 e. The fourth-order valence-electron chi connectivity index (χ4n) is 6.83. The highest BCUT2D eigenvalue weighted by atomic mass is 16.3. The van der Waals surface area contributed by atoms with Gasteiger partial charge >= 0.3 is 0 Å². The van der Waals surface area contributed by atoms with E-state index in [2.05, 4.69) is 120 Å². The molecule has 3 aromatic heterocycles. The second kappa shape index (κ2) is 8.76. The molecule has 0 aliphatic carbocycles. The zero-order valence-electron chi connectivity index (χ0n) is 23.5. The molecule has 0 fully saturated rings. The zero-order valence-corrected chi connectivity index (χ0v) is 23.5. The van der Waals surface area contributed by atoms with Gasteiger partial charge in [0.05, 0.1) is 0 Å². The van der Waals surface area contributed by atoms with Gasteiger partial charge in [0.25, 0.3) is 0 Å².